The summed E-state index contributed by atoms with van der Waals surface area (Å²) < 4.78 is 5.72. The maximum absolute atomic E-state index is 12.5. The molecule has 166 valence electrons. The highest BCUT2D eigenvalue weighted by Gasteiger charge is 2.14. The van der Waals surface area contributed by atoms with Gasteiger partial charge in [0, 0.05) is 16.3 Å². The van der Waals surface area contributed by atoms with Crippen LogP contribution in [0, 0.1) is 11.3 Å². The zero-order chi connectivity index (χ0) is 24.0. The number of carboxylic acid groups (broad SMARTS) is 1. The molecule has 0 bridgehead atoms. The van der Waals surface area contributed by atoms with E-state index in [9.17, 15) is 14.9 Å². The van der Waals surface area contributed by atoms with Crippen LogP contribution < -0.4 is 10.1 Å². The van der Waals surface area contributed by atoms with Crippen LogP contribution in [0.5, 0.6) is 5.75 Å². The first-order valence-corrected chi connectivity index (χ1v) is 10.5. The Hall–Kier alpha value is -3.50. The van der Waals surface area contributed by atoms with Crippen molar-refractivity contribution < 1.29 is 19.4 Å². The van der Waals surface area contributed by atoms with Gasteiger partial charge in [-0.15, -0.1) is 0 Å². The Morgan fingerprint density at radius 3 is 2.21 bits per heavy atom. The summed E-state index contributed by atoms with van der Waals surface area (Å²) in [5, 5.41) is 21.8. The van der Waals surface area contributed by atoms with Crippen LogP contribution >= 0.6 is 34.8 Å². The lowest BCUT2D eigenvalue weighted by Gasteiger charge is -2.12. The molecule has 3 aromatic carbocycles. The minimum absolute atomic E-state index is 0.0742. The molecule has 0 saturated carbocycles. The minimum Gasteiger partial charge on any atom is -0.486 e. The fraction of sp³-hybridized carbons (Fsp3) is 0.0417. The number of ether oxygens (including phenoxy) is 1. The predicted octanol–water partition coefficient (Wildman–Crippen LogP) is 6.47. The van der Waals surface area contributed by atoms with Gasteiger partial charge >= 0.3 is 5.97 Å². The number of anilines is 1. The fourth-order valence-corrected chi connectivity index (χ4v) is 3.58. The lowest BCUT2D eigenvalue weighted by molar-refractivity contribution is -0.112. The van der Waals surface area contributed by atoms with Gasteiger partial charge in [0.15, 0.2) is 5.75 Å². The highest BCUT2D eigenvalue weighted by atomic mass is 35.5. The number of carbonyl (C=O) groups excluding carboxylic acids is 1. The quantitative estimate of drug-likeness (QED) is 0.285. The van der Waals surface area contributed by atoms with Crippen molar-refractivity contribution in [2.24, 2.45) is 0 Å². The smallest absolute Gasteiger partial charge is 0.335 e. The van der Waals surface area contributed by atoms with Gasteiger partial charge < -0.3 is 15.2 Å². The fourth-order valence-electron chi connectivity index (χ4n) is 2.78. The number of carboxylic acids is 1. The van der Waals surface area contributed by atoms with Crippen molar-refractivity contribution >= 4 is 58.4 Å². The summed E-state index contributed by atoms with van der Waals surface area (Å²) in [5.74, 6) is -1.51. The highest BCUT2D eigenvalue weighted by molar-refractivity contribution is 6.37. The van der Waals surface area contributed by atoms with E-state index in [0.717, 1.165) is 5.56 Å². The number of rotatable bonds is 7. The number of nitrogens with one attached hydrogen (secondary N) is 1. The third kappa shape index (κ3) is 6.27. The molecule has 33 heavy (non-hydrogen) atoms. The number of amides is 1. The van der Waals surface area contributed by atoms with Crippen LogP contribution in [-0.2, 0) is 11.4 Å². The molecule has 3 rings (SSSR count). The molecule has 9 heteroatoms. The van der Waals surface area contributed by atoms with Crippen LogP contribution in [-0.4, -0.2) is 17.0 Å². The van der Waals surface area contributed by atoms with E-state index in [1.807, 2.05) is 18.2 Å². The van der Waals surface area contributed by atoms with Crippen LogP contribution in [0.2, 0.25) is 15.1 Å². The van der Waals surface area contributed by atoms with Gasteiger partial charge in [-0.1, -0.05) is 53.0 Å². The van der Waals surface area contributed by atoms with E-state index in [-0.39, 0.29) is 33.5 Å². The minimum atomic E-state index is -1.08. The highest BCUT2D eigenvalue weighted by Crippen LogP contribution is 2.36. The lowest BCUT2D eigenvalue weighted by Crippen LogP contribution is -2.13. The second kappa shape index (κ2) is 10.9. The Labute approximate surface area is 204 Å². The summed E-state index contributed by atoms with van der Waals surface area (Å²) in [4.78, 5) is 23.4. The van der Waals surface area contributed by atoms with E-state index in [1.54, 1.807) is 12.1 Å². The molecule has 0 aliphatic rings. The topological polar surface area (TPSA) is 99.4 Å². The van der Waals surface area contributed by atoms with Crippen LogP contribution in [0.1, 0.15) is 21.5 Å². The second-order valence-corrected chi connectivity index (χ2v) is 7.92. The second-order valence-electron chi connectivity index (χ2n) is 6.70. The summed E-state index contributed by atoms with van der Waals surface area (Å²) in [6, 6.07) is 17.6. The molecule has 0 fully saturated rings. The van der Waals surface area contributed by atoms with Gasteiger partial charge in [0.2, 0.25) is 0 Å². The van der Waals surface area contributed by atoms with Gasteiger partial charge in [-0.2, -0.15) is 5.26 Å². The van der Waals surface area contributed by atoms with Crippen LogP contribution in [0.3, 0.4) is 0 Å². The molecule has 0 aliphatic heterocycles. The number of hydrogen-bond donors (Lipinski definition) is 2. The largest absolute Gasteiger partial charge is 0.486 e. The third-order valence-electron chi connectivity index (χ3n) is 4.42. The van der Waals surface area contributed by atoms with E-state index in [2.05, 4.69) is 5.32 Å². The molecule has 6 nitrogen and oxygen atoms in total. The Balaban J connectivity index is 1.76. The van der Waals surface area contributed by atoms with E-state index in [4.69, 9.17) is 44.6 Å². The molecule has 3 aromatic rings. The van der Waals surface area contributed by atoms with Gasteiger partial charge in [0.05, 0.1) is 15.6 Å². The number of aromatic carboxylic acids is 1. The summed E-state index contributed by atoms with van der Waals surface area (Å²) >= 11 is 18.8. The van der Waals surface area contributed by atoms with Crippen LogP contribution in [0.25, 0.3) is 6.08 Å². The van der Waals surface area contributed by atoms with Crippen molar-refractivity contribution in [2.75, 3.05) is 5.32 Å². The van der Waals surface area contributed by atoms with E-state index in [1.165, 1.54) is 42.5 Å². The Morgan fingerprint density at radius 1 is 1.00 bits per heavy atom. The summed E-state index contributed by atoms with van der Waals surface area (Å²) in [6.45, 7) is 0.154. The number of nitriles is 1. The normalized spacial score (nSPS) is 10.9. The van der Waals surface area contributed by atoms with Gasteiger partial charge in [0.25, 0.3) is 5.91 Å². The van der Waals surface area contributed by atoms with Gasteiger partial charge in [-0.05, 0) is 54.1 Å². The van der Waals surface area contributed by atoms with Crippen molar-refractivity contribution in [1.29, 1.82) is 5.26 Å². The van der Waals surface area contributed by atoms with Crippen molar-refractivity contribution in [2.45, 2.75) is 6.61 Å². The third-order valence-corrected chi connectivity index (χ3v) is 5.35. The van der Waals surface area contributed by atoms with Crippen LogP contribution in [0.4, 0.5) is 5.69 Å². The molecule has 0 radical (unpaired) electrons. The Morgan fingerprint density at radius 2 is 1.64 bits per heavy atom. The summed E-state index contributed by atoms with van der Waals surface area (Å²) in [6.07, 6.45) is 1.33. The number of hydrogen-bond acceptors (Lipinski definition) is 4. The molecule has 1 amide bonds. The van der Waals surface area contributed by atoms with Gasteiger partial charge in [-0.3, -0.25) is 4.79 Å². The van der Waals surface area contributed by atoms with Gasteiger partial charge in [0.1, 0.15) is 18.2 Å². The molecule has 0 aromatic heterocycles. The van der Waals surface area contributed by atoms with E-state index in [0.29, 0.717) is 16.3 Å². The average Bonchev–Trinajstić information content (AvgIpc) is 2.78. The van der Waals surface area contributed by atoms with Crippen molar-refractivity contribution in [3.8, 4) is 11.8 Å². The number of benzene rings is 3. The SMILES string of the molecule is N#C/C(=C\c1cc(Cl)c(OCc2ccccc2Cl)c(Cl)c1)C(=O)Nc1ccc(C(=O)O)cc1. The maximum atomic E-state index is 12.5. The molecule has 0 heterocycles. The molecule has 0 aliphatic carbocycles. The summed E-state index contributed by atoms with van der Waals surface area (Å²) in [5.41, 5.74) is 1.39. The monoisotopic (exact) mass is 500 g/mol. The first-order chi connectivity index (χ1) is 15.8. The standard InChI is InChI=1S/C24H15Cl3N2O4/c25-19-4-2-1-3-16(19)13-33-22-20(26)10-14(11-21(22)27)9-17(12-28)23(30)29-18-7-5-15(6-8-18)24(31)32/h1-11H,13H2,(H,29,30)(H,31,32)/b17-9+. The molecular formula is C24H15Cl3N2O4. The first-order valence-electron chi connectivity index (χ1n) is 9.40. The lowest BCUT2D eigenvalue weighted by atomic mass is 10.1. The number of nitrogens with zero attached hydrogens (tertiary/aromatic N) is 1. The van der Waals surface area contributed by atoms with Crippen molar-refractivity contribution in [3.05, 3.63) is 98.0 Å². The van der Waals surface area contributed by atoms with Crippen molar-refractivity contribution in [3.63, 3.8) is 0 Å². The zero-order valence-electron chi connectivity index (χ0n) is 16.8. The van der Waals surface area contributed by atoms with E-state index < -0.39 is 11.9 Å². The molecule has 2 N–H and O–H groups in total. The summed E-state index contributed by atoms with van der Waals surface area (Å²) in [7, 11) is 0. The molecule has 0 saturated heterocycles. The molecule has 0 unspecified atom stereocenters. The Bertz CT molecular complexity index is 1260. The maximum Gasteiger partial charge on any atom is 0.335 e. The first kappa shape index (κ1) is 24.1. The molecule has 0 spiro atoms. The van der Waals surface area contributed by atoms with Crippen LogP contribution in [0.15, 0.2) is 66.2 Å². The van der Waals surface area contributed by atoms with Crippen molar-refractivity contribution in [1.82, 2.24) is 0 Å². The number of halogens is 3. The zero-order valence-corrected chi connectivity index (χ0v) is 19.1. The molecule has 0 atom stereocenters. The Kier molecular flexibility index (Phi) is 7.96. The predicted molar refractivity (Wildman–Crippen MR) is 128 cm³/mol. The number of carbonyl (C=O) groups is 2. The average molecular weight is 502 g/mol. The van der Waals surface area contributed by atoms with E-state index >= 15 is 0 Å². The van der Waals surface area contributed by atoms with Gasteiger partial charge in [-0.25, -0.2) is 4.79 Å². The molecular weight excluding hydrogens is 487 g/mol.